The van der Waals surface area contributed by atoms with Gasteiger partial charge in [0.25, 0.3) is 0 Å². The lowest BCUT2D eigenvalue weighted by Gasteiger charge is -2.18. The first-order valence-corrected chi connectivity index (χ1v) is 29.2. The molecule has 1 unspecified atom stereocenters. The van der Waals surface area contributed by atoms with E-state index in [2.05, 4.69) is 142 Å². The molecule has 0 aromatic heterocycles. The van der Waals surface area contributed by atoms with Crippen molar-refractivity contribution in [2.24, 2.45) is 0 Å². The first-order valence-electron chi connectivity index (χ1n) is 29.2. The molecule has 0 saturated carbocycles. The van der Waals surface area contributed by atoms with Gasteiger partial charge in [0.2, 0.25) is 0 Å². The summed E-state index contributed by atoms with van der Waals surface area (Å²) < 4.78 is 16.8. The molecule has 406 valence electrons. The molecule has 0 saturated heterocycles. The van der Waals surface area contributed by atoms with E-state index in [1.807, 2.05) is 12.2 Å². The Morgan fingerprint density at radius 1 is 0.292 bits per heavy atom. The largest absolute Gasteiger partial charge is 0.462 e. The van der Waals surface area contributed by atoms with Gasteiger partial charge in [-0.15, -0.1) is 0 Å². The summed E-state index contributed by atoms with van der Waals surface area (Å²) in [6, 6.07) is 0. The van der Waals surface area contributed by atoms with E-state index in [1.54, 1.807) is 0 Å². The maximum Gasteiger partial charge on any atom is 0.306 e. The second-order valence-electron chi connectivity index (χ2n) is 18.8. The number of carbonyl (C=O) groups is 3. The minimum absolute atomic E-state index is 0.124. The molecule has 0 aliphatic carbocycles. The fourth-order valence-electron chi connectivity index (χ4n) is 7.57. The molecule has 0 aliphatic rings. The van der Waals surface area contributed by atoms with Gasteiger partial charge in [-0.25, -0.2) is 0 Å². The minimum Gasteiger partial charge on any atom is -0.462 e. The quantitative estimate of drug-likeness (QED) is 0.0261. The van der Waals surface area contributed by atoms with E-state index in [0.717, 1.165) is 109 Å². The molecule has 0 aromatic rings. The highest BCUT2D eigenvalue weighted by atomic mass is 16.6. The van der Waals surface area contributed by atoms with Gasteiger partial charge in [0, 0.05) is 19.3 Å². The van der Waals surface area contributed by atoms with Crippen LogP contribution >= 0.6 is 0 Å². The Morgan fingerprint density at radius 3 is 0.958 bits per heavy atom. The Balaban J connectivity index is 4.56. The van der Waals surface area contributed by atoms with Crippen LogP contribution in [-0.4, -0.2) is 37.2 Å². The summed E-state index contributed by atoms with van der Waals surface area (Å²) in [4.78, 5) is 38.2. The highest BCUT2D eigenvalue weighted by molar-refractivity contribution is 5.71. The molecule has 0 rings (SSSR count). The lowest BCUT2D eigenvalue weighted by molar-refractivity contribution is -0.166. The van der Waals surface area contributed by atoms with Crippen molar-refractivity contribution >= 4 is 17.9 Å². The van der Waals surface area contributed by atoms with Crippen LogP contribution in [0.25, 0.3) is 0 Å². The average molecular weight is 996 g/mol. The van der Waals surface area contributed by atoms with Gasteiger partial charge < -0.3 is 14.2 Å². The van der Waals surface area contributed by atoms with Crippen LogP contribution in [0, 0.1) is 0 Å². The summed E-state index contributed by atoms with van der Waals surface area (Å²) in [5.74, 6) is -1.05. The van der Waals surface area contributed by atoms with Crippen molar-refractivity contribution in [3.8, 4) is 0 Å². The summed E-state index contributed by atoms with van der Waals surface area (Å²) in [5.41, 5.74) is 0. The fourth-order valence-corrected chi connectivity index (χ4v) is 7.57. The van der Waals surface area contributed by atoms with Crippen molar-refractivity contribution < 1.29 is 28.6 Å². The molecule has 0 spiro atoms. The Labute approximate surface area is 443 Å². The monoisotopic (exact) mass is 995 g/mol. The smallest absolute Gasteiger partial charge is 0.306 e. The third-order valence-corrected chi connectivity index (χ3v) is 11.9. The number of hydrogen-bond donors (Lipinski definition) is 0. The molecular weight excluding hydrogens is 889 g/mol. The second-order valence-corrected chi connectivity index (χ2v) is 18.8. The van der Waals surface area contributed by atoms with Crippen molar-refractivity contribution in [2.45, 2.75) is 252 Å². The van der Waals surface area contributed by atoms with Crippen LogP contribution in [-0.2, 0) is 28.6 Å². The first kappa shape index (κ1) is 67.5. The number of allylic oxidation sites excluding steroid dienone is 22. The zero-order chi connectivity index (χ0) is 52.2. The Bertz CT molecular complexity index is 1560. The first-order chi connectivity index (χ1) is 35.5. The van der Waals surface area contributed by atoms with Crippen molar-refractivity contribution in [3.05, 3.63) is 134 Å². The normalized spacial score (nSPS) is 13.1. The molecule has 6 nitrogen and oxygen atoms in total. The van der Waals surface area contributed by atoms with Crippen LogP contribution in [0.15, 0.2) is 134 Å². The van der Waals surface area contributed by atoms with Crippen LogP contribution in [0.5, 0.6) is 0 Å². The summed E-state index contributed by atoms with van der Waals surface area (Å²) >= 11 is 0. The number of hydrogen-bond acceptors (Lipinski definition) is 6. The van der Waals surface area contributed by atoms with E-state index in [0.29, 0.717) is 19.3 Å². The summed E-state index contributed by atoms with van der Waals surface area (Å²) in [6.07, 6.45) is 83.1. The van der Waals surface area contributed by atoms with E-state index in [-0.39, 0.29) is 37.5 Å². The molecule has 0 fully saturated rings. The van der Waals surface area contributed by atoms with Crippen molar-refractivity contribution in [2.75, 3.05) is 13.2 Å². The van der Waals surface area contributed by atoms with Gasteiger partial charge in [-0.2, -0.15) is 0 Å². The summed E-state index contributed by atoms with van der Waals surface area (Å²) in [7, 11) is 0. The maximum absolute atomic E-state index is 12.9. The lowest BCUT2D eigenvalue weighted by atomic mass is 10.1. The summed E-state index contributed by atoms with van der Waals surface area (Å²) in [5, 5.41) is 0. The molecule has 0 N–H and O–H groups in total. The van der Waals surface area contributed by atoms with Gasteiger partial charge in [0.1, 0.15) is 13.2 Å². The van der Waals surface area contributed by atoms with Crippen molar-refractivity contribution in [3.63, 3.8) is 0 Å². The highest BCUT2D eigenvalue weighted by Crippen LogP contribution is 2.14. The van der Waals surface area contributed by atoms with E-state index >= 15 is 0 Å². The van der Waals surface area contributed by atoms with Gasteiger partial charge in [-0.05, 0) is 122 Å². The Hall–Kier alpha value is -4.45. The van der Waals surface area contributed by atoms with Crippen molar-refractivity contribution in [1.82, 2.24) is 0 Å². The van der Waals surface area contributed by atoms with Gasteiger partial charge in [-0.3, -0.25) is 14.4 Å². The number of esters is 3. The highest BCUT2D eigenvalue weighted by Gasteiger charge is 2.19. The van der Waals surface area contributed by atoms with Gasteiger partial charge in [0.05, 0.1) is 0 Å². The number of carbonyl (C=O) groups excluding carboxylic acids is 3. The summed E-state index contributed by atoms with van der Waals surface area (Å²) in [6.45, 7) is 6.31. The SMILES string of the molecule is CC/C=C\C/C=C\C/C=C\C/C=C\C/C=C\C/C=C\CCC(=O)OCC(COC(=O)CCCCC/C=C\C/C=C\C/C=C\C/C=C\CC)OC(=O)CCCCCCCCC/C=C\CCCCCCCCCC. The van der Waals surface area contributed by atoms with E-state index in [4.69, 9.17) is 14.2 Å². The predicted molar refractivity (Wildman–Crippen MR) is 311 cm³/mol. The molecule has 0 amide bonds. The number of unbranched alkanes of at least 4 members (excludes halogenated alkanes) is 18. The van der Waals surface area contributed by atoms with Crippen LogP contribution in [0.2, 0.25) is 0 Å². The van der Waals surface area contributed by atoms with Crippen LogP contribution in [0.1, 0.15) is 245 Å². The zero-order valence-electron chi connectivity index (χ0n) is 46.4. The predicted octanol–water partition coefficient (Wildman–Crippen LogP) is 19.8. The van der Waals surface area contributed by atoms with E-state index < -0.39 is 6.10 Å². The molecule has 0 aliphatic heterocycles. The van der Waals surface area contributed by atoms with E-state index in [9.17, 15) is 14.4 Å². The molecule has 6 heteroatoms. The molecule has 0 radical (unpaired) electrons. The van der Waals surface area contributed by atoms with Gasteiger partial charge >= 0.3 is 17.9 Å². The standard InChI is InChI=1S/C66H106O6/c1-4-7-10-13-16-19-22-25-28-31-33-35-38-41-44-47-50-53-56-59-65(68)71-62-63(61-70-64(67)58-55-52-49-46-43-40-37-30-27-24-21-18-15-12-9-6-3)72-66(69)60-57-54-51-48-45-42-39-36-34-32-29-26-23-20-17-14-11-8-5-2/h7,9-10,12,16,18-19,21,25,27-28,30,32-35,40-41,43-44,50,53,63H,4-6,8,11,13-15,17,20,22-24,26,29,31,36-39,42,45-49,51-52,54-62H2,1-3H3/b10-7-,12-9-,19-16-,21-18-,28-25-,30-27-,34-32-,35-33-,43-40-,44-41-,53-50-. The van der Waals surface area contributed by atoms with Crippen LogP contribution in [0.4, 0.5) is 0 Å². The molecule has 0 heterocycles. The van der Waals surface area contributed by atoms with Gasteiger partial charge in [0.15, 0.2) is 6.10 Å². The average Bonchev–Trinajstić information content (AvgIpc) is 3.38. The third-order valence-electron chi connectivity index (χ3n) is 11.9. The molecule has 0 bridgehead atoms. The minimum atomic E-state index is -0.830. The fraction of sp³-hybridized carbons (Fsp3) is 0.621. The molecular formula is C66H106O6. The number of rotatable bonds is 51. The van der Waals surface area contributed by atoms with Crippen LogP contribution < -0.4 is 0 Å². The van der Waals surface area contributed by atoms with Crippen LogP contribution in [0.3, 0.4) is 0 Å². The Morgan fingerprint density at radius 2 is 0.569 bits per heavy atom. The molecule has 1 atom stereocenters. The Kier molecular flexibility index (Phi) is 55.5. The topological polar surface area (TPSA) is 78.9 Å². The zero-order valence-corrected chi connectivity index (χ0v) is 46.4. The third kappa shape index (κ3) is 56.5. The number of ether oxygens (including phenoxy) is 3. The lowest BCUT2D eigenvalue weighted by Crippen LogP contribution is -2.30. The molecule has 72 heavy (non-hydrogen) atoms. The van der Waals surface area contributed by atoms with E-state index in [1.165, 1.54) is 89.9 Å². The molecule has 0 aromatic carbocycles. The van der Waals surface area contributed by atoms with Crippen molar-refractivity contribution in [1.29, 1.82) is 0 Å². The van der Waals surface area contributed by atoms with Gasteiger partial charge in [-0.1, -0.05) is 238 Å². The maximum atomic E-state index is 12.9. The second kappa shape index (κ2) is 59.1.